The summed E-state index contributed by atoms with van der Waals surface area (Å²) in [5.74, 6) is -0.269. The topological polar surface area (TPSA) is 79.6 Å². The maximum absolute atomic E-state index is 9.73. The minimum atomic E-state index is -0.267. The molecule has 0 saturated carbocycles. The van der Waals surface area contributed by atoms with E-state index >= 15 is 0 Å². The molecule has 2 rings (SSSR count). The molecular weight excluding hydrogens is 292 g/mol. The van der Waals surface area contributed by atoms with Gasteiger partial charge in [0.2, 0.25) is 17.1 Å². The maximum Gasteiger partial charge on any atom is 0.205 e. The fourth-order valence-electron chi connectivity index (χ4n) is 2.33. The Morgan fingerprint density at radius 1 is 1.22 bits per heavy atom. The number of phenols is 2. The highest BCUT2D eigenvalue weighted by Gasteiger charge is 2.12. The third-order valence-electron chi connectivity index (χ3n) is 3.46. The van der Waals surface area contributed by atoms with E-state index in [2.05, 4.69) is 11.1 Å². The van der Waals surface area contributed by atoms with Gasteiger partial charge in [-0.05, 0) is 29.8 Å². The van der Waals surface area contributed by atoms with Gasteiger partial charge in [0.25, 0.3) is 0 Å². The van der Waals surface area contributed by atoms with Crippen LogP contribution in [0.5, 0.6) is 17.2 Å². The molecule has 1 heterocycles. The van der Waals surface area contributed by atoms with Gasteiger partial charge in [-0.2, -0.15) is 4.57 Å². The Labute approximate surface area is 135 Å². The average molecular weight is 313 g/mol. The van der Waals surface area contributed by atoms with Gasteiger partial charge in [-0.3, -0.25) is 0 Å². The van der Waals surface area contributed by atoms with E-state index in [1.165, 1.54) is 13.2 Å². The predicted molar refractivity (Wildman–Crippen MR) is 91.0 cm³/mol. The third-order valence-corrected chi connectivity index (χ3v) is 3.46. The summed E-state index contributed by atoms with van der Waals surface area (Å²) >= 11 is 0. The highest BCUT2D eigenvalue weighted by atomic mass is 16.5. The smallest absolute Gasteiger partial charge is 0.205 e. The van der Waals surface area contributed by atoms with Crippen molar-refractivity contribution < 1.29 is 19.5 Å². The minimum Gasteiger partial charge on any atom is -0.504 e. The first kappa shape index (κ1) is 16.6. The zero-order chi connectivity index (χ0) is 16.8. The van der Waals surface area contributed by atoms with Crippen molar-refractivity contribution in [3.8, 4) is 17.2 Å². The van der Waals surface area contributed by atoms with Crippen LogP contribution in [0.15, 0.2) is 36.9 Å². The Hall–Kier alpha value is -2.79. The summed E-state index contributed by atoms with van der Waals surface area (Å²) in [5.41, 5.74) is 8.32. The van der Waals surface area contributed by atoms with E-state index in [0.717, 1.165) is 11.4 Å². The number of pyridine rings is 1. The minimum absolute atomic E-state index is 0.222. The summed E-state index contributed by atoms with van der Waals surface area (Å²) in [6.45, 7) is 5.00. The van der Waals surface area contributed by atoms with Gasteiger partial charge in [-0.25, -0.2) is 0 Å². The van der Waals surface area contributed by atoms with Crippen molar-refractivity contribution >= 4 is 18.2 Å². The second-order valence-corrected chi connectivity index (χ2v) is 4.94. The number of methoxy groups -OCH3 is 1. The molecule has 0 amide bonds. The predicted octanol–water partition coefficient (Wildman–Crippen LogP) is 2.17. The molecular formula is C18H21N2O3+. The van der Waals surface area contributed by atoms with Crippen LogP contribution >= 0.6 is 0 Å². The fraction of sp³-hybridized carbons (Fsp3) is 0.167. The Bertz CT molecular complexity index is 739. The van der Waals surface area contributed by atoms with Crippen molar-refractivity contribution in [3.63, 3.8) is 0 Å². The Morgan fingerprint density at radius 2 is 1.96 bits per heavy atom. The second kappa shape index (κ2) is 7.47. The number of benzene rings is 1. The Morgan fingerprint density at radius 3 is 2.61 bits per heavy atom. The molecule has 0 atom stereocenters. The maximum atomic E-state index is 9.73. The fourth-order valence-corrected chi connectivity index (χ4v) is 2.33. The molecule has 5 nitrogen and oxygen atoms in total. The number of nitrogens with zero attached hydrogens (tertiary/aromatic N) is 1. The summed E-state index contributed by atoms with van der Waals surface area (Å²) in [6, 6.07) is 9.00. The zero-order valence-electron chi connectivity index (χ0n) is 13.1. The van der Waals surface area contributed by atoms with E-state index < -0.39 is 0 Å². The van der Waals surface area contributed by atoms with Gasteiger partial charge in [0.1, 0.15) is 0 Å². The number of rotatable bonds is 6. The molecule has 1 aromatic heterocycles. The summed E-state index contributed by atoms with van der Waals surface area (Å²) in [6.07, 6.45) is 5.52. The molecule has 0 radical (unpaired) electrons. The standard InChI is InChI=1S/C18H20N2O3/c1-3-14-5-4-6-15(20(14)10-9-19)8-7-13-11-16(21)18(22)17(12-13)23-2/h3-8,11-12,21H,1,9-10,19H2,2H3/p+1. The molecule has 0 saturated heterocycles. The van der Waals surface area contributed by atoms with E-state index in [1.54, 1.807) is 12.1 Å². The first-order chi connectivity index (χ1) is 11.1. The molecule has 0 aliphatic carbocycles. The van der Waals surface area contributed by atoms with Crippen LogP contribution in [0.3, 0.4) is 0 Å². The van der Waals surface area contributed by atoms with Gasteiger partial charge >= 0.3 is 0 Å². The van der Waals surface area contributed by atoms with Gasteiger partial charge in [-0.1, -0.05) is 6.58 Å². The zero-order valence-corrected chi connectivity index (χ0v) is 13.1. The SMILES string of the molecule is C=Cc1cccc(/C=C/c2cc(O)c(O)c(OC)c2)[n+]1CCN. The Kier molecular flexibility index (Phi) is 5.38. The van der Waals surface area contributed by atoms with Crippen LogP contribution in [0.2, 0.25) is 0 Å². The lowest BCUT2D eigenvalue weighted by Gasteiger charge is -2.06. The Balaban J connectivity index is 2.41. The number of ether oxygens (including phenoxy) is 1. The van der Waals surface area contributed by atoms with Crippen molar-refractivity contribution in [1.29, 1.82) is 0 Å². The van der Waals surface area contributed by atoms with E-state index in [1.807, 2.05) is 30.4 Å². The molecule has 2 aromatic rings. The second-order valence-electron chi connectivity index (χ2n) is 4.94. The molecule has 0 bridgehead atoms. The molecule has 4 N–H and O–H groups in total. The molecule has 120 valence electrons. The number of aromatic nitrogens is 1. The summed E-state index contributed by atoms with van der Waals surface area (Å²) < 4.78 is 7.09. The third kappa shape index (κ3) is 3.70. The van der Waals surface area contributed by atoms with Gasteiger partial charge in [0, 0.05) is 24.3 Å². The lowest BCUT2D eigenvalue weighted by molar-refractivity contribution is -0.697. The molecule has 0 fully saturated rings. The molecule has 5 heteroatoms. The van der Waals surface area contributed by atoms with Gasteiger partial charge in [0.05, 0.1) is 13.7 Å². The highest BCUT2D eigenvalue weighted by molar-refractivity contribution is 5.70. The summed E-state index contributed by atoms with van der Waals surface area (Å²) in [4.78, 5) is 0. The summed E-state index contributed by atoms with van der Waals surface area (Å²) in [5, 5.41) is 19.4. The van der Waals surface area contributed by atoms with E-state index in [-0.39, 0.29) is 17.2 Å². The lowest BCUT2D eigenvalue weighted by Crippen LogP contribution is -2.43. The lowest BCUT2D eigenvalue weighted by atomic mass is 10.1. The van der Waals surface area contributed by atoms with Gasteiger partial charge in [0.15, 0.2) is 18.0 Å². The van der Waals surface area contributed by atoms with E-state index in [0.29, 0.717) is 18.7 Å². The molecule has 0 aliphatic rings. The quantitative estimate of drug-likeness (QED) is 0.564. The van der Waals surface area contributed by atoms with Gasteiger partial charge in [-0.15, -0.1) is 0 Å². The van der Waals surface area contributed by atoms with Crippen molar-refractivity contribution in [2.45, 2.75) is 6.54 Å². The molecule has 23 heavy (non-hydrogen) atoms. The van der Waals surface area contributed by atoms with Crippen molar-refractivity contribution in [1.82, 2.24) is 0 Å². The number of aromatic hydroxyl groups is 2. The van der Waals surface area contributed by atoms with E-state index in [9.17, 15) is 10.2 Å². The number of hydrogen-bond donors (Lipinski definition) is 3. The van der Waals surface area contributed by atoms with Crippen molar-refractivity contribution in [2.24, 2.45) is 5.73 Å². The molecule has 0 spiro atoms. The van der Waals surface area contributed by atoms with Crippen LogP contribution in [-0.2, 0) is 6.54 Å². The van der Waals surface area contributed by atoms with Crippen molar-refractivity contribution in [2.75, 3.05) is 13.7 Å². The average Bonchev–Trinajstić information content (AvgIpc) is 2.56. The van der Waals surface area contributed by atoms with Gasteiger partial charge < -0.3 is 20.7 Å². The van der Waals surface area contributed by atoms with Crippen LogP contribution in [-0.4, -0.2) is 23.9 Å². The first-order valence-corrected chi connectivity index (χ1v) is 7.24. The number of phenolic OH excluding ortho intramolecular Hbond substituents is 2. The first-order valence-electron chi connectivity index (χ1n) is 7.24. The monoisotopic (exact) mass is 313 g/mol. The van der Waals surface area contributed by atoms with E-state index in [4.69, 9.17) is 10.5 Å². The molecule has 1 aromatic carbocycles. The summed E-state index contributed by atoms with van der Waals surface area (Å²) in [7, 11) is 1.44. The van der Waals surface area contributed by atoms with Crippen LogP contribution in [0, 0.1) is 0 Å². The largest absolute Gasteiger partial charge is 0.504 e. The van der Waals surface area contributed by atoms with Crippen LogP contribution in [0.1, 0.15) is 17.0 Å². The number of nitrogens with two attached hydrogens (primary N) is 1. The normalized spacial score (nSPS) is 10.9. The van der Waals surface area contributed by atoms with Crippen molar-refractivity contribution in [3.05, 3.63) is 53.9 Å². The van der Waals surface area contributed by atoms with Crippen LogP contribution < -0.4 is 15.0 Å². The highest BCUT2D eigenvalue weighted by Crippen LogP contribution is 2.36. The number of hydrogen-bond acceptors (Lipinski definition) is 4. The molecule has 0 aliphatic heterocycles. The van der Waals surface area contributed by atoms with Crippen LogP contribution in [0.4, 0.5) is 0 Å². The van der Waals surface area contributed by atoms with Crippen LogP contribution in [0.25, 0.3) is 18.2 Å². The molecule has 0 unspecified atom stereocenters.